The Bertz CT molecular complexity index is 1200. The summed E-state index contributed by atoms with van der Waals surface area (Å²) in [5.41, 5.74) is 3.38. The minimum atomic E-state index is -0.307. The van der Waals surface area contributed by atoms with E-state index in [1.54, 1.807) is 20.4 Å². The number of carbonyl (C=O) groups is 1. The Morgan fingerprint density at radius 3 is 2.44 bits per heavy atom. The van der Waals surface area contributed by atoms with E-state index in [1.807, 2.05) is 47.4 Å². The Balaban J connectivity index is 1.59. The maximum absolute atomic E-state index is 13.9. The smallest absolute Gasteiger partial charge is 0.275 e. The SMILES string of the molecule is COc1cc2c(cc1OC)C(c1ccccc1)N(C(=O)c1nc(N3CCCC3)ncc1Cl)CC2. The van der Waals surface area contributed by atoms with Crippen molar-refractivity contribution in [2.24, 2.45) is 0 Å². The summed E-state index contributed by atoms with van der Waals surface area (Å²) in [5, 5.41) is 0.262. The quantitative estimate of drug-likeness (QED) is 0.536. The molecule has 0 bridgehead atoms. The number of hydrogen-bond acceptors (Lipinski definition) is 6. The number of fused-ring (bicyclic) bond motifs is 1. The normalized spacial score (nSPS) is 17.4. The van der Waals surface area contributed by atoms with Gasteiger partial charge in [0.1, 0.15) is 0 Å². The summed E-state index contributed by atoms with van der Waals surface area (Å²) in [4.78, 5) is 26.9. The van der Waals surface area contributed by atoms with Crippen molar-refractivity contribution in [1.82, 2.24) is 14.9 Å². The summed E-state index contributed by atoms with van der Waals surface area (Å²) >= 11 is 6.47. The highest BCUT2D eigenvalue weighted by Gasteiger charge is 2.35. The van der Waals surface area contributed by atoms with E-state index in [9.17, 15) is 4.79 Å². The minimum absolute atomic E-state index is 0.206. The molecule has 1 aromatic heterocycles. The summed E-state index contributed by atoms with van der Waals surface area (Å²) in [6.07, 6.45) is 4.42. The van der Waals surface area contributed by atoms with E-state index < -0.39 is 0 Å². The molecule has 3 heterocycles. The number of amides is 1. The number of methoxy groups -OCH3 is 2. The molecule has 7 nitrogen and oxygen atoms in total. The van der Waals surface area contributed by atoms with Gasteiger partial charge in [-0.1, -0.05) is 41.9 Å². The molecular formula is C26H27ClN4O3. The second-order valence-electron chi connectivity index (χ2n) is 8.53. The molecule has 1 fully saturated rings. The molecule has 176 valence electrons. The number of nitrogens with zero attached hydrogens (tertiary/aromatic N) is 4. The lowest BCUT2D eigenvalue weighted by Gasteiger charge is -2.38. The fraction of sp³-hybridized carbons (Fsp3) is 0.346. The average molecular weight is 479 g/mol. The van der Waals surface area contributed by atoms with Gasteiger partial charge in [0.25, 0.3) is 5.91 Å². The largest absolute Gasteiger partial charge is 0.493 e. The first-order valence-electron chi connectivity index (χ1n) is 11.5. The first-order valence-corrected chi connectivity index (χ1v) is 11.9. The first-order chi connectivity index (χ1) is 16.6. The van der Waals surface area contributed by atoms with Gasteiger partial charge >= 0.3 is 0 Å². The Hall–Kier alpha value is -3.32. The topological polar surface area (TPSA) is 67.8 Å². The molecule has 1 saturated heterocycles. The maximum atomic E-state index is 13.9. The number of carbonyl (C=O) groups excluding carboxylic acids is 1. The number of hydrogen-bond donors (Lipinski definition) is 0. The number of aromatic nitrogens is 2. The molecule has 1 unspecified atom stereocenters. The van der Waals surface area contributed by atoms with Crippen LogP contribution in [0, 0.1) is 0 Å². The van der Waals surface area contributed by atoms with Crippen LogP contribution in [0.3, 0.4) is 0 Å². The molecule has 1 amide bonds. The van der Waals surface area contributed by atoms with Crippen molar-refractivity contribution in [3.8, 4) is 11.5 Å². The van der Waals surface area contributed by atoms with E-state index in [0.29, 0.717) is 30.4 Å². The first kappa shape index (κ1) is 22.5. The van der Waals surface area contributed by atoms with Gasteiger partial charge in [-0.25, -0.2) is 9.97 Å². The van der Waals surface area contributed by atoms with E-state index in [-0.39, 0.29) is 22.7 Å². The van der Waals surface area contributed by atoms with Gasteiger partial charge in [0.2, 0.25) is 5.95 Å². The monoisotopic (exact) mass is 478 g/mol. The molecular weight excluding hydrogens is 452 g/mol. The second kappa shape index (κ2) is 9.50. The molecule has 5 rings (SSSR count). The van der Waals surface area contributed by atoms with Crippen LogP contribution in [0.15, 0.2) is 48.7 Å². The van der Waals surface area contributed by atoms with Crippen molar-refractivity contribution >= 4 is 23.5 Å². The Morgan fingerprint density at radius 1 is 1.03 bits per heavy atom. The van der Waals surface area contributed by atoms with Crippen LogP contribution in [-0.2, 0) is 6.42 Å². The molecule has 1 atom stereocenters. The van der Waals surface area contributed by atoms with Crippen LogP contribution >= 0.6 is 11.6 Å². The minimum Gasteiger partial charge on any atom is -0.493 e. The van der Waals surface area contributed by atoms with Crippen molar-refractivity contribution in [2.75, 3.05) is 38.8 Å². The number of anilines is 1. The molecule has 0 aliphatic carbocycles. The molecule has 0 saturated carbocycles. The molecule has 34 heavy (non-hydrogen) atoms. The molecule has 2 aliphatic heterocycles. The van der Waals surface area contributed by atoms with E-state index in [4.69, 9.17) is 21.1 Å². The predicted octanol–water partition coefficient (Wildman–Crippen LogP) is 4.54. The van der Waals surface area contributed by atoms with Crippen LogP contribution in [0.25, 0.3) is 0 Å². The van der Waals surface area contributed by atoms with Crippen molar-refractivity contribution in [2.45, 2.75) is 25.3 Å². The highest BCUT2D eigenvalue weighted by atomic mass is 35.5. The lowest BCUT2D eigenvalue weighted by Crippen LogP contribution is -2.41. The summed E-state index contributed by atoms with van der Waals surface area (Å²) in [6.45, 7) is 2.31. The zero-order chi connectivity index (χ0) is 23.7. The lowest BCUT2D eigenvalue weighted by molar-refractivity contribution is 0.0688. The van der Waals surface area contributed by atoms with E-state index in [2.05, 4.69) is 14.9 Å². The van der Waals surface area contributed by atoms with Crippen LogP contribution in [0.2, 0.25) is 5.02 Å². The highest BCUT2D eigenvalue weighted by molar-refractivity contribution is 6.33. The Kier molecular flexibility index (Phi) is 6.28. The summed E-state index contributed by atoms with van der Waals surface area (Å²) < 4.78 is 11.1. The van der Waals surface area contributed by atoms with E-state index >= 15 is 0 Å². The van der Waals surface area contributed by atoms with Crippen molar-refractivity contribution in [3.05, 3.63) is 76.1 Å². The fourth-order valence-corrected chi connectivity index (χ4v) is 5.04. The standard InChI is InChI=1S/C26H27ClN4O3/c1-33-21-14-18-10-13-31(24(17-8-4-3-5-9-17)19(18)15-22(21)34-2)25(32)23-20(27)16-28-26(29-23)30-11-6-7-12-30/h3-5,8-9,14-16,24H,6-7,10-13H2,1-2H3. The van der Waals surface area contributed by atoms with Crippen molar-refractivity contribution in [1.29, 1.82) is 0 Å². The van der Waals surface area contributed by atoms with E-state index in [0.717, 1.165) is 42.6 Å². The van der Waals surface area contributed by atoms with Crippen LogP contribution < -0.4 is 14.4 Å². The van der Waals surface area contributed by atoms with Crippen LogP contribution in [0.1, 0.15) is 46.1 Å². The Morgan fingerprint density at radius 2 is 1.74 bits per heavy atom. The third-order valence-corrected chi connectivity index (χ3v) is 6.85. The number of halogens is 1. The van der Waals surface area contributed by atoms with Gasteiger partial charge in [0, 0.05) is 19.6 Å². The molecule has 0 radical (unpaired) electrons. The molecule has 2 aliphatic rings. The Labute approximate surface area is 204 Å². The third kappa shape index (κ3) is 4.05. The number of rotatable bonds is 5. The van der Waals surface area contributed by atoms with Gasteiger partial charge in [-0.05, 0) is 48.1 Å². The third-order valence-electron chi connectivity index (χ3n) is 6.57. The summed E-state index contributed by atoms with van der Waals surface area (Å²) in [6, 6.07) is 13.7. The predicted molar refractivity (Wildman–Crippen MR) is 131 cm³/mol. The number of benzene rings is 2. The summed E-state index contributed by atoms with van der Waals surface area (Å²) in [7, 11) is 3.25. The van der Waals surface area contributed by atoms with Gasteiger partial charge in [-0.15, -0.1) is 0 Å². The lowest BCUT2D eigenvalue weighted by atomic mass is 9.87. The summed E-state index contributed by atoms with van der Waals surface area (Å²) in [5.74, 6) is 1.67. The van der Waals surface area contributed by atoms with Gasteiger partial charge in [0.15, 0.2) is 17.2 Å². The molecule has 8 heteroatoms. The molecule has 0 spiro atoms. The van der Waals surface area contributed by atoms with Crippen molar-refractivity contribution in [3.63, 3.8) is 0 Å². The van der Waals surface area contributed by atoms with E-state index in [1.165, 1.54) is 0 Å². The zero-order valence-electron chi connectivity index (χ0n) is 19.3. The van der Waals surface area contributed by atoms with Gasteiger partial charge in [-0.2, -0.15) is 0 Å². The number of ether oxygens (including phenoxy) is 2. The zero-order valence-corrected chi connectivity index (χ0v) is 20.1. The fourth-order valence-electron chi connectivity index (χ4n) is 4.87. The van der Waals surface area contributed by atoms with Gasteiger partial charge in [0.05, 0.1) is 31.5 Å². The molecule has 2 aromatic carbocycles. The molecule has 3 aromatic rings. The van der Waals surface area contributed by atoms with Crippen LogP contribution in [0.4, 0.5) is 5.95 Å². The second-order valence-corrected chi connectivity index (χ2v) is 8.94. The van der Waals surface area contributed by atoms with Gasteiger partial charge in [-0.3, -0.25) is 4.79 Å². The van der Waals surface area contributed by atoms with Crippen molar-refractivity contribution < 1.29 is 14.3 Å². The highest BCUT2D eigenvalue weighted by Crippen LogP contribution is 2.41. The maximum Gasteiger partial charge on any atom is 0.275 e. The average Bonchev–Trinajstić information content (AvgIpc) is 3.42. The van der Waals surface area contributed by atoms with Crippen LogP contribution in [-0.4, -0.2) is 54.6 Å². The van der Waals surface area contributed by atoms with Gasteiger partial charge < -0.3 is 19.3 Å². The molecule has 0 N–H and O–H groups in total. The van der Waals surface area contributed by atoms with Crippen LogP contribution in [0.5, 0.6) is 11.5 Å².